The van der Waals surface area contributed by atoms with E-state index in [4.69, 9.17) is 17.3 Å². The molecule has 0 bridgehead atoms. The molecule has 0 radical (unpaired) electrons. The molecule has 6 nitrogen and oxygen atoms in total. The molecule has 1 atom stereocenters. The Bertz CT molecular complexity index is 972. The molecule has 0 aliphatic heterocycles. The molecule has 0 aliphatic carbocycles. The SMILES string of the molecule is CC(Sc1ccccc1Cl)C(=O)Nc1ccc(-n2ccc(C(N)=O)n2)cc1. The molecule has 3 aromatic rings. The highest BCUT2D eigenvalue weighted by Crippen LogP contribution is 2.30. The van der Waals surface area contributed by atoms with Crippen molar-refractivity contribution >= 4 is 40.9 Å². The molecule has 1 heterocycles. The molecule has 2 amide bonds. The van der Waals surface area contributed by atoms with Crippen LogP contribution in [0.3, 0.4) is 0 Å². The van der Waals surface area contributed by atoms with Crippen molar-refractivity contribution in [1.29, 1.82) is 0 Å². The number of primary amides is 1. The average Bonchev–Trinajstić information content (AvgIpc) is 3.14. The number of halogens is 1. The molecule has 1 aromatic heterocycles. The van der Waals surface area contributed by atoms with Crippen LogP contribution >= 0.6 is 23.4 Å². The number of carbonyl (C=O) groups excluding carboxylic acids is 2. The molecule has 3 N–H and O–H groups in total. The monoisotopic (exact) mass is 400 g/mol. The largest absolute Gasteiger partial charge is 0.364 e. The second-order valence-electron chi connectivity index (χ2n) is 5.74. The third-order valence-electron chi connectivity index (χ3n) is 3.75. The number of anilines is 1. The van der Waals surface area contributed by atoms with E-state index in [1.54, 1.807) is 47.3 Å². The smallest absolute Gasteiger partial charge is 0.269 e. The molecular formula is C19H17ClN4O2S. The molecule has 0 fully saturated rings. The summed E-state index contributed by atoms with van der Waals surface area (Å²) in [7, 11) is 0. The van der Waals surface area contributed by atoms with E-state index in [2.05, 4.69) is 10.4 Å². The number of hydrogen-bond acceptors (Lipinski definition) is 4. The molecular weight excluding hydrogens is 384 g/mol. The predicted octanol–water partition coefficient (Wildman–Crippen LogP) is 3.74. The Labute approximate surface area is 165 Å². The van der Waals surface area contributed by atoms with Crippen LogP contribution in [0.4, 0.5) is 5.69 Å². The summed E-state index contributed by atoms with van der Waals surface area (Å²) in [5.41, 5.74) is 6.81. The van der Waals surface area contributed by atoms with Crippen molar-refractivity contribution in [2.45, 2.75) is 17.1 Å². The van der Waals surface area contributed by atoms with Crippen molar-refractivity contribution in [2.75, 3.05) is 5.32 Å². The molecule has 1 unspecified atom stereocenters. The van der Waals surface area contributed by atoms with Gasteiger partial charge in [-0.1, -0.05) is 23.7 Å². The number of nitrogens with zero attached hydrogens (tertiary/aromatic N) is 2. The summed E-state index contributed by atoms with van der Waals surface area (Å²) in [6, 6.07) is 16.1. The first-order chi connectivity index (χ1) is 12.9. The maximum atomic E-state index is 12.4. The lowest BCUT2D eigenvalue weighted by atomic mass is 10.2. The van der Waals surface area contributed by atoms with Gasteiger partial charge in [0.25, 0.3) is 5.91 Å². The molecule has 138 valence electrons. The Morgan fingerprint density at radius 1 is 1.15 bits per heavy atom. The van der Waals surface area contributed by atoms with E-state index in [0.29, 0.717) is 10.7 Å². The second-order valence-corrected chi connectivity index (χ2v) is 7.53. The Morgan fingerprint density at radius 2 is 1.85 bits per heavy atom. The third kappa shape index (κ3) is 4.69. The van der Waals surface area contributed by atoms with Crippen LogP contribution in [0.1, 0.15) is 17.4 Å². The van der Waals surface area contributed by atoms with Gasteiger partial charge in [-0.2, -0.15) is 5.10 Å². The number of rotatable bonds is 6. The first-order valence-electron chi connectivity index (χ1n) is 8.12. The first-order valence-corrected chi connectivity index (χ1v) is 9.38. The fourth-order valence-corrected chi connectivity index (χ4v) is 3.48. The first kappa shape index (κ1) is 19.0. The summed E-state index contributed by atoms with van der Waals surface area (Å²) in [4.78, 5) is 24.4. The van der Waals surface area contributed by atoms with Gasteiger partial charge < -0.3 is 11.1 Å². The molecule has 0 saturated heterocycles. The van der Waals surface area contributed by atoms with E-state index in [9.17, 15) is 9.59 Å². The minimum atomic E-state index is -0.581. The van der Waals surface area contributed by atoms with Crippen molar-refractivity contribution in [3.63, 3.8) is 0 Å². The number of aromatic nitrogens is 2. The minimum absolute atomic E-state index is 0.122. The maximum absolute atomic E-state index is 12.4. The zero-order chi connectivity index (χ0) is 19.4. The van der Waals surface area contributed by atoms with Crippen LogP contribution in [0, 0.1) is 0 Å². The van der Waals surface area contributed by atoms with Gasteiger partial charge in [0.15, 0.2) is 0 Å². The van der Waals surface area contributed by atoms with E-state index in [1.807, 2.05) is 25.1 Å². The van der Waals surface area contributed by atoms with E-state index < -0.39 is 5.91 Å². The van der Waals surface area contributed by atoms with Gasteiger partial charge in [-0.3, -0.25) is 9.59 Å². The van der Waals surface area contributed by atoms with Crippen molar-refractivity contribution < 1.29 is 9.59 Å². The Balaban J connectivity index is 1.64. The highest BCUT2D eigenvalue weighted by molar-refractivity contribution is 8.00. The summed E-state index contributed by atoms with van der Waals surface area (Å²) in [6.07, 6.45) is 1.65. The Hall–Kier alpha value is -2.77. The highest BCUT2D eigenvalue weighted by atomic mass is 35.5. The molecule has 0 saturated carbocycles. The minimum Gasteiger partial charge on any atom is -0.364 e. The quantitative estimate of drug-likeness (QED) is 0.616. The van der Waals surface area contributed by atoms with Crippen molar-refractivity contribution in [1.82, 2.24) is 9.78 Å². The number of carbonyl (C=O) groups is 2. The molecule has 3 rings (SSSR count). The van der Waals surface area contributed by atoms with Gasteiger partial charge in [0.1, 0.15) is 5.69 Å². The average molecular weight is 401 g/mol. The summed E-state index contributed by atoms with van der Waals surface area (Å²) >= 11 is 7.54. The van der Waals surface area contributed by atoms with Crippen LogP contribution in [0.25, 0.3) is 5.69 Å². The summed E-state index contributed by atoms with van der Waals surface area (Å²) < 4.78 is 1.54. The van der Waals surface area contributed by atoms with Crippen LogP contribution in [-0.2, 0) is 4.79 Å². The predicted molar refractivity (Wildman–Crippen MR) is 107 cm³/mol. The van der Waals surface area contributed by atoms with Gasteiger partial charge in [0, 0.05) is 16.8 Å². The number of benzene rings is 2. The number of nitrogens with one attached hydrogen (secondary N) is 1. The van der Waals surface area contributed by atoms with Crippen LogP contribution in [0.2, 0.25) is 5.02 Å². The summed E-state index contributed by atoms with van der Waals surface area (Å²) in [5, 5.41) is 7.28. The number of hydrogen-bond donors (Lipinski definition) is 2. The zero-order valence-corrected chi connectivity index (χ0v) is 16.0. The van der Waals surface area contributed by atoms with Gasteiger partial charge in [-0.05, 0) is 49.4 Å². The van der Waals surface area contributed by atoms with Crippen LogP contribution in [0.15, 0.2) is 65.7 Å². The van der Waals surface area contributed by atoms with E-state index in [1.165, 1.54) is 11.8 Å². The van der Waals surface area contributed by atoms with Crippen LogP contribution < -0.4 is 11.1 Å². The highest BCUT2D eigenvalue weighted by Gasteiger charge is 2.16. The maximum Gasteiger partial charge on any atom is 0.269 e. The standard InChI is InChI=1S/C19H17ClN4O2S/c1-12(27-17-5-3-2-4-15(17)20)19(26)22-13-6-8-14(9-7-13)24-11-10-16(23-24)18(21)25/h2-12H,1H3,(H2,21,25)(H,22,26). The lowest BCUT2D eigenvalue weighted by Crippen LogP contribution is -2.22. The second kappa shape index (κ2) is 8.28. The van der Waals surface area contributed by atoms with Crippen molar-refractivity contribution in [3.8, 4) is 5.69 Å². The summed E-state index contributed by atoms with van der Waals surface area (Å²) in [6.45, 7) is 1.83. The van der Waals surface area contributed by atoms with Gasteiger partial charge in [0.2, 0.25) is 5.91 Å². The van der Waals surface area contributed by atoms with Gasteiger partial charge in [-0.25, -0.2) is 4.68 Å². The number of amides is 2. The Kier molecular flexibility index (Phi) is 5.83. The van der Waals surface area contributed by atoms with E-state index in [0.717, 1.165) is 10.6 Å². The summed E-state index contributed by atoms with van der Waals surface area (Å²) in [5.74, 6) is -0.703. The van der Waals surface area contributed by atoms with Crippen molar-refractivity contribution in [2.24, 2.45) is 5.73 Å². The molecule has 0 spiro atoms. The third-order valence-corrected chi connectivity index (χ3v) is 5.37. The van der Waals surface area contributed by atoms with Gasteiger partial charge >= 0.3 is 0 Å². The zero-order valence-electron chi connectivity index (χ0n) is 14.4. The van der Waals surface area contributed by atoms with Crippen LogP contribution in [0.5, 0.6) is 0 Å². The molecule has 0 aliphatic rings. The topological polar surface area (TPSA) is 90.0 Å². The van der Waals surface area contributed by atoms with Crippen LogP contribution in [-0.4, -0.2) is 26.8 Å². The lowest BCUT2D eigenvalue weighted by Gasteiger charge is -2.13. The Morgan fingerprint density at radius 3 is 2.48 bits per heavy atom. The number of nitrogens with two attached hydrogens (primary N) is 1. The van der Waals surface area contributed by atoms with Gasteiger partial charge in [0.05, 0.1) is 16.0 Å². The fraction of sp³-hybridized carbons (Fsp3) is 0.105. The molecule has 2 aromatic carbocycles. The number of thioether (sulfide) groups is 1. The van der Waals surface area contributed by atoms with E-state index >= 15 is 0 Å². The van der Waals surface area contributed by atoms with Gasteiger partial charge in [-0.15, -0.1) is 11.8 Å². The van der Waals surface area contributed by atoms with Crippen molar-refractivity contribution in [3.05, 3.63) is 71.5 Å². The molecule has 8 heteroatoms. The molecule has 27 heavy (non-hydrogen) atoms. The normalized spacial score (nSPS) is 11.8. The van der Waals surface area contributed by atoms with E-state index in [-0.39, 0.29) is 16.9 Å². The lowest BCUT2D eigenvalue weighted by molar-refractivity contribution is -0.115. The fourth-order valence-electron chi connectivity index (χ4n) is 2.32.